The number of para-hydroxylation sites is 1. The van der Waals surface area contributed by atoms with Crippen LogP contribution in [0.15, 0.2) is 34.6 Å². The first kappa shape index (κ1) is 19.7. The smallest absolute Gasteiger partial charge is 0.255 e. The van der Waals surface area contributed by atoms with Crippen LogP contribution < -0.4 is 10.6 Å². The molecule has 8 heteroatoms. The number of thiazole rings is 1. The third kappa shape index (κ3) is 5.73. The number of aryl methyl sites for hydroxylation is 1. The van der Waals surface area contributed by atoms with E-state index in [9.17, 15) is 9.90 Å². The molecule has 2 rings (SSSR count). The molecule has 0 bridgehead atoms. The fourth-order valence-corrected chi connectivity index (χ4v) is 2.96. The molecule has 0 unspecified atom stereocenters. The van der Waals surface area contributed by atoms with E-state index in [1.165, 1.54) is 6.07 Å². The van der Waals surface area contributed by atoms with E-state index < -0.39 is 0 Å². The molecule has 0 atom stereocenters. The number of aromatic hydroxyl groups is 1. The zero-order valence-corrected chi connectivity index (χ0v) is 16.1. The fraction of sp³-hybridized carbons (Fsp3) is 0.389. The second kappa shape index (κ2) is 9.76. The number of carbonyl (C=O) groups is 1. The molecule has 3 N–H and O–H groups in total. The number of nitrogens with one attached hydrogen (secondary N) is 2. The van der Waals surface area contributed by atoms with Crippen molar-refractivity contribution in [1.82, 2.24) is 20.5 Å². The highest BCUT2D eigenvalue weighted by Gasteiger charge is 2.10. The van der Waals surface area contributed by atoms with Gasteiger partial charge in [-0.25, -0.2) is 4.98 Å². The van der Waals surface area contributed by atoms with Crippen LogP contribution in [0.5, 0.6) is 5.75 Å². The van der Waals surface area contributed by atoms with Crippen molar-refractivity contribution >= 4 is 23.2 Å². The SMILES string of the molecule is CCNC(=NCCNC(=O)c1ccccc1O)N(C)Cc1csc(C)n1. The van der Waals surface area contributed by atoms with Gasteiger partial charge in [0.2, 0.25) is 0 Å². The largest absolute Gasteiger partial charge is 0.507 e. The molecule has 7 nitrogen and oxygen atoms in total. The first-order valence-electron chi connectivity index (χ1n) is 8.48. The number of amides is 1. The molecule has 1 aromatic heterocycles. The van der Waals surface area contributed by atoms with Crippen LogP contribution in [-0.4, -0.2) is 53.5 Å². The molecular weight excluding hydrogens is 350 g/mol. The standard InChI is InChI=1S/C18H25N5O2S/c1-4-19-18(23(3)11-14-12-26-13(2)22-14)21-10-9-20-17(25)15-7-5-6-8-16(15)24/h5-8,12,24H,4,9-11H2,1-3H3,(H,19,21)(H,20,25). The van der Waals surface area contributed by atoms with Gasteiger partial charge in [0.15, 0.2) is 5.96 Å². The lowest BCUT2D eigenvalue weighted by molar-refractivity contribution is 0.0952. The normalized spacial score (nSPS) is 11.3. The van der Waals surface area contributed by atoms with E-state index >= 15 is 0 Å². The highest BCUT2D eigenvalue weighted by atomic mass is 32.1. The molecule has 0 fully saturated rings. The molecule has 0 aliphatic rings. The number of aliphatic imine (C=N–C) groups is 1. The van der Waals surface area contributed by atoms with Crippen LogP contribution in [0.3, 0.4) is 0 Å². The van der Waals surface area contributed by atoms with Gasteiger partial charge in [-0.05, 0) is 26.0 Å². The number of hydrogen-bond acceptors (Lipinski definition) is 5. The molecule has 1 heterocycles. The minimum atomic E-state index is -0.311. The van der Waals surface area contributed by atoms with Gasteiger partial charge in [-0.2, -0.15) is 0 Å². The summed E-state index contributed by atoms with van der Waals surface area (Å²) in [6.45, 7) is 6.23. The highest BCUT2D eigenvalue weighted by Crippen LogP contribution is 2.14. The van der Waals surface area contributed by atoms with E-state index in [1.807, 2.05) is 31.2 Å². The lowest BCUT2D eigenvalue weighted by Gasteiger charge is -2.21. The van der Waals surface area contributed by atoms with Crippen molar-refractivity contribution in [2.75, 3.05) is 26.7 Å². The van der Waals surface area contributed by atoms with Gasteiger partial charge in [0.1, 0.15) is 5.75 Å². The Balaban J connectivity index is 1.88. The third-order valence-corrected chi connectivity index (χ3v) is 4.39. The summed E-state index contributed by atoms with van der Waals surface area (Å²) in [6, 6.07) is 6.47. The van der Waals surface area contributed by atoms with Gasteiger partial charge in [-0.3, -0.25) is 9.79 Å². The Morgan fingerprint density at radius 1 is 1.35 bits per heavy atom. The van der Waals surface area contributed by atoms with E-state index in [2.05, 4.69) is 20.6 Å². The van der Waals surface area contributed by atoms with Crippen molar-refractivity contribution < 1.29 is 9.90 Å². The fourth-order valence-electron chi connectivity index (χ4n) is 2.36. The predicted octanol–water partition coefficient (Wildman–Crippen LogP) is 1.98. The number of hydrogen-bond donors (Lipinski definition) is 3. The Kier molecular flexibility index (Phi) is 7.40. The molecule has 1 aromatic carbocycles. The number of benzene rings is 1. The summed E-state index contributed by atoms with van der Waals surface area (Å²) in [5, 5.41) is 18.8. The van der Waals surface area contributed by atoms with Crippen LogP contribution >= 0.6 is 11.3 Å². The van der Waals surface area contributed by atoms with Gasteiger partial charge in [-0.1, -0.05) is 12.1 Å². The van der Waals surface area contributed by atoms with E-state index in [1.54, 1.807) is 29.5 Å². The Hall–Kier alpha value is -2.61. The summed E-state index contributed by atoms with van der Waals surface area (Å²) in [4.78, 5) is 23.1. The predicted molar refractivity (Wildman–Crippen MR) is 105 cm³/mol. The van der Waals surface area contributed by atoms with Crippen molar-refractivity contribution in [3.8, 4) is 5.75 Å². The molecule has 140 valence electrons. The Morgan fingerprint density at radius 2 is 2.12 bits per heavy atom. The first-order chi connectivity index (χ1) is 12.5. The van der Waals surface area contributed by atoms with Crippen LogP contribution in [0.4, 0.5) is 0 Å². The van der Waals surface area contributed by atoms with Gasteiger partial charge in [-0.15, -0.1) is 11.3 Å². The number of nitrogens with zero attached hydrogens (tertiary/aromatic N) is 3. The topological polar surface area (TPSA) is 89.8 Å². The molecule has 0 saturated heterocycles. The maximum atomic E-state index is 12.1. The third-order valence-electron chi connectivity index (χ3n) is 3.57. The zero-order valence-electron chi connectivity index (χ0n) is 15.3. The van der Waals surface area contributed by atoms with E-state index in [0.717, 1.165) is 23.2 Å². The summed E-state index contributed by atoms with van der Waals surface area (Å²) in [5.74, 6) is 0.421. The molecule has 0 saturated carbocycles. The number of phenolic OH excluding ortho intramolecular Hbond substituents is 1. The van der Waals surface area contributed by atoms with Crippen LogP contribution in [0.2, 0.25) is 0 Å². The van der Waals surface area contributed by atoms with Crippen molar-refractivity contribution in [2.45, 2.75) is 20.4 Å². The number of aromatic nitrogens is 1. The lowest BCUT2D eigenvalue weighted by atomic mass is 10.2. The van der Waals surface area contributed by atoms with Gasteiger partial charge in [0.05, 0.1) is 29.4 Å². The quantitative estimate of drug-likeness (QED) is 0.391. The van der Waals surface area contributed by atoms with Crippen LogP contribution in [0.1, 0.15) is 28.0 Å². The lowest BCUT2D eigenvalue weighted by Crippen LogP contribution is -2.39. The molecule has 0 radical (unpaired) electrons. The van der Waals surface area contributed by atoms with Gasteiger partial charge >= 0.3 is 0 Å². The molecule has 0 spiro atoms. The molecule has 1 amide bonds. The number of phenols is 1. The van der Waals surface area contributed by atoms with Crippen molar-refractivity contribution in [2.24, 2.45) is 4.99 Å². The summed E-state index contributed by atoms with van der Waals surface area (Å²) in [6.07, 6.45) is 0. The maximum Gasteiger partial charge on any atom is 0.255 e. The van der Waals surface area contributed by atoms with Crippen molar-refractivity contribution in [1.29, 1.82) is 0 Å². The monoisotopic (exact) mass is 375 g/mol. The van der Waals surface area contributed by atoms with Gasteiger partial charge in [0, 0.05) is 25.5 Å². The number of carbonyl (C=O) groups excluding carboxylic acids is 1. The second-order valence-corrected chi connectivity index (χ2v) is 6.78. The number of guanidine groups is 1. The van der Waals surface area contributed by atoms with E-state index in [-0.39, 0.29) is 17.2 Å². The zero-order chi connectivity index (χ0) is 18.9. The second-order valence-electron chi connectivity index (χ2n) is 5.72. The molecule has 26 heavy (non-hydrogen) atoms. The highest BCUT2D eigenvalue weighted by molar-refractivity contribution is 7.09. The summed E-state index contributed by atoms with van der Waals surface area (Å²) in [5.41, 5.74) is 1.27. The van der Waals surface area contributed by atoms with Crippen molar-refractivity contribution in [3.63, 3.8) is 0 Å². The summed E-state index contributed by atoms with van der Waals surface area (Å²) < 4.78 is 0. The minimum absolute atomic E-state index is 0.0277. The van der Waals surface area contributed by atoms with E-state index in [4.69, 9.17) is 0 Å². The van der Waals surface area contributed by atoms with Gasteiger partial charge in [0.25, 0.3) is 5.91 Å². The number of rotatable bonds is 7. The molecule has 0 aliphatic heterocycles. The Labute approximate surface area is 157 Å². The van der Waals surface area contributed by atoms with Gasteiger partial charge < -0.3 is 20.6 Å². The first-order valence-corrected chi connectivity index (χ1v) is 9.36. The van der Waals surface area contributed by atoms with Crippen molar-refractivity contribution in [3.05, 3.63) is 45.9 Å². The molecule has 0 aliphatic carbocycles. The summed E-state index contributed by atoms with van der Waals surface area (Å²) in [7, 11) is 1.96. The Morgan fingerprint density at radius 3 is 2.77 bits per heavy atom. The van der Waals surface area contributed by atoms with Crippen LogP contribution in [0, 0.1) is 6.92 Å². The summed E-state index contributed by atoms with van der Waals surface area (Å²) >= 11 is 1.63. The average Bonchev–Trinajstić information content (AvgIpc) is 3.02. The average molecular weight is 375 g/mol. The Bertz CT molecular complexity index is 760. The minimum Gasteiger partial charge on any atom is -0.507 e. The van der Waals surface area contributed by atoms with Crippen LogP contribution in [0.25, 0.3) is 0 Å². The van der Waals surface area contributed by atoms with Crippen LogP contribution in [-0.2, 0) is 6.54 Å². The van der Waals surface area contributed by atoms with E-state index in [0.29, 0.717) is 19.6 Å². The maximum absolute atomic E-state index is 12.1. The molecular formula is C18H25N5O2S. The molecule has 2 aromatic rings.